The predicted octanol–water partition coefficient (Wildman–Crippen LogP) is 4.47. The normalized spacial score (nSPS) is 10.9. The van der Waals surface area contributed by atoms with Crippen molar-refractivity contribution in [1.29, 1.82) is 0 Å². The van der Waals surface area contributed by atoms with E-state index in [1.165, 1.54) is 0 Å². The summed E-state index contributed by atoms with van der Waals surface area (Å²) in [6.45, 7) is 1.36. The van der Waals surface area contributed by atoms with Crippen LogP contribution in [0.25, 0.3) is 21.5 Å². The Morgan fingerprint density at radius 2 is 2.16 bits per heavy atom. The molecule has 1 aromatic carbocycles. The van der Waals surface area contributed by atoms with E-state index < -0.39 is 0 Å². The maximum atomic E-state index is 5.91. The Bertz CT molecular complexity index is 965. The summed E-state index contributed by atoms with van der Waals surface area (Å²) < 4.78 is 12.3. The number of fused-ring (bicyclic) bond motifs is 1. The zero-order valence-corrected chi connectivity index (χ0v) is 14.6. The van der Waals surface area contributed by atoms with Crippen molar-refractivity contribution in [2.75, 3.05) is 25.1 Å². The van der Waals surface area contributed by atoms with Gasteiger partial charge in [-0.15, -0.1) is 11.3 Å². The summed E-state index contributed by atoms with van der Waals surface area (Å²) in [5.74, 6) is 0.824. The van der Waals surface area contributed by atoms with E-state index >= 15 is 0 Å². The second-order valence-electron chi connectivity index (χ2n) is 5.65. The first-order valence-electron chi connectivity index (χ1n) is 7.98. The van der Waals surface area contributed by atoms with Crippen molar-refractivity contribution >= 4 is 27.3 Å². The highest BCUT2D eigenvalue weighted by molar-refractivity contribution is 7.17. The van der Waals surface area contributed by atoms with Crippen LogP contribution in [0.4, 0.5) is 5.69 Å². The van der Waals surface area contributed by atoms with E-state index in [0.717, 1.165) is 39.5 Å². The first-order chi connectivity index (χ1) is 12.3. The van der Waals surface area contributed by atoms with E-state index in [1.54, 1.807) is 17.5 Å². The molecule has 5 nitrogen and oxygen atoms in total. The van der Waals surface area contributed by atoms with Gasteiger partial charge in [-0.05, 0) is 35.7 Å². The predicted molar refractivity (Wildman–Crippen MR) is 100 cm³/mol. The number of hydrogen-bond acceptors (Lipinski definition) is 6. The Balaban J connectivity index is 1.43. The van der Waals surface area contributed by atoms with Gasteiger partial charge in [0, 0.05) is 18.8 Å². The number of thiophene rings is 1. The molecular formula is C19H17N3O2S. The Hall–Kier alpha value is -2.86. The third-order valence-electron chi connectivity index (χ3n) is 3.97. The molecule has 6 heteroatoms. The van der Waals surface area contributed by atoms with Gasteiger partial charge in [-0.3, -0.25) is 4.98 Å². The molecule has 4 aromatic rings. The number of benzene rings is 1. The zero-order chi connectivity index (χ0) is 17.1. The van der Waals surface area contributed by atoms with Crippen molar-refractivity contribution in [2.24, 2.45) is 0 Å². The van der Waals surface area contributed by atoms with E-state index in [4.69, 9.17) is 9.26 Å². The third kappa shape index (κ3) is 3.34. The fourth-order valence-electron chi connectivity index (χ4n) is 2.60. The highest BCUT2D eigenvalue weighted by Crippen LogP contribution is 2.33. The van der Waals surface area contributed by atoms with Gasteiger partial charge < -0.3 is 14.2 Å². The van der Waals surface area contributed by atoms with E-state index in [0.29, 0.717) is 6.61 Å². The number of rotatable bonds is 6. The van der Waals surface area contributed by atoms with Gasteiger partial charge in [0.2, 0.25) is 0 Å². The minimum absolute atomic E-state index is 0.585. The first-order valence-corrected chi connectivity index (χ1v) is 8.86. The van der Waals surface area contributed by atoms with Crippen LogP contribution in [0, 0.1) is 0 Å². The molecule has 0 spiro atoms. The molecule has 0 aliphatic rings. The van der Waals surface area contributed by atoms with Crippen molar-refractivity contribution in [1.82, 2.24) is 10.1 Å². The molecule has 4 rings (SSSR count). The van der Waals surface area contributed by atoms with Crippen LogP contribution in [-0.2, 0) is 0 Å². The largest absolute Gasteiger partial charge is 0.492 e. The number of nitrogens with zero attached hydrogens (tertiary/aromatic N) is 3. The first kappa shape index (κ1) is 15.7. The van der Waals surface area contributed by atoms with Crippen molar-refractivity contribution in [2.45, 2.75) is 0 Å². The van der Waals surface area contributed by atoms with Crippen molar-refractivity contribution in [3.05, 3.63) is 60.2 Å². The lowest BCUT2D eigenvalue weighted by atomic mass is 10.1. The molecule has 0 radical (unpaired) electrons. The summed E-state index contributed by atoms with van der Waals surface area (Å²) in [4.78, 5) is 6.25. The van der Waals surface area contributed by atoms with Gasteiger partial charge in [0.15, 0.2) is 5.58 Å². The molecule has 3 heterocycles. The van der Waals surface area contributed by atoms with Crippen LogP contribution in [0.15, 0.2) is 64.8 Å². The molecule has 0 unspecified atom stereocenters. The molecule has 0 aliphatic carbocycles. The Labute approximate surface area is 149 Å². The number of ether oxygens (including phenoxy) is 1. The van der Waals surface area contributed by atoms with Crippen LogP contribution in [0.1, 0.15) is 0 Å². The summed E-state index contributed by atoms with van der Waals surface area (Å²) in [5, 5.41) is 6.19. The number of likely N-dealkylation sites (N-methyl/N-ethyl adjacent to an activating group) is 1. The molecule has 126 valence electrons. The van der Waals surface area contributed by atoms with Gasteiger partial charge in [0.25, 0.3) is 0 Å². The van der Waals surface area contributed by atoms with Gasteiger partial charge in [-0.2, -0.15) is 0 Å². The maximum absolute atomic E-state index is 5.91. The van der Waals surface area contributed by atoms with Crippen molar-refractivity contribution < 1.29 is 9.26 Å². The van der Waals surface area contributed by atoms with E-state index in [9.17, 15) is 0 Å². The maximum Gasteiger partial charge on any atom is 0.178 e. The van der Waals surface area contributed by atoms with Crippen LogP contribution in [0.2, 0.25) is 0 Å². The SMILES string of the molecule is CN(CCOc1cccc(-c2noc3ccsc23)c1)c1cccnc1. The van der Waals surface area contributed by atoms with Crippen LogP contribution in [0.5, 0.6) is 5.75 Å². The van der Waals surface area contributed by atoms with Crippen molar-refractivity contribution in [3.8, 4) is 17.0 Å². The van der Waals surface area contributed by atoms with E-state index in [2.05, 4.69) is 15.0 Å². The lowest BCUT2D eigenvalue weighted by Crippen LogP contribution is -2.23. The standard InChI is InChI=1S/C19H17N3O2S/c1-22(15-5-3-8-20-13-15)9-10-23-16-6-2-4-14(12-16)18-19-17(24-21-18)7-11-25-19/h2-8,11-13H,9-10H2,1H3. The van der Waals surface area contributed by atoms with Crippen LogP contribution < -0.4 is 9.64 Å². The van der Waals surface area contributed by atoms with Crippen LogP contribution in [-0.4, -0.2) is 30.3 Å². The highest BCUT2D eigenvalue weighted by Gasteiger charge is 2.12. The Kier molecular flexibility index (Phi) is 4.35. The van der Waals surface area contributed by atoms with Gasteiger partial charge in [-0.25, -0.2) is 0 Å². The van der Waals surface area contributed by atoms with Gasteiger partial charge in [-0.1, -0.05) is 17.3 Å². The van der Waals surface area contributed by atoms with Gasteiger partial charge >= 0.3 is 0 Å². The Morgan fingerprint density at radius 3 is 3.04 bits per heavy atom. The van der Waals surface area contributed by atoms with Crippen LogP contribution in [0.3, 0.4) is 0 Å². The number of anilines is 1. The number of pyridine rings is 1. The van der Waals surface area contributed by atoms with Crippen LogP contribution >= 0.6 is 11.3 Å². The van der Waals surface area contributed by atoms with E-state index in [-0.39, 0.29) is 0 Å². The average molecular weight is 351 g/mol. The quantitative estimate of drug-likeness (QED) is 0.513. The number of aromatic nitrogens is 2. The summed E-state index contributed by atoms with van der Waals surface area (Å²) in [6.07, 6.45) is 3.62. The zero-order valence-electron chi connectivity index (χ0n) is 13.8. The minimum Gasteiger partial charge on any atom is -0.492 e. The lowest BCUT2D eigenvalue weighted by molar-refractivity contribution is 0.326. The lowest BCUT2D eigenvalue weighted by Gasteiger charge is -2.18. The number of hydrogen-bond donors (Lipinski definition) is 0. The molecule has 3 aromatic heterocycles. The summed E-state index contributed by atoms with van der Waals surface area (Å²) >= 11 is 1.63. The molecule has 0 saturated carbocycles. The molecule has 25 heavy (non-hydrogen) atoms. The van der Waals surface area contributed by atoms with Crippen molar-refractivity contribution in [3.63, 3.8) is 0 Å². The minimum atomic E-state index is 0.585. The van der Waals surface area contributed by atoms with E-state index in [1.807, 2.05) is 61.1 Å². The monoisotopic (exact) mass is 351 g/mol. The second-order valence-corrected chi connectivity index (χ2v) is 6.57. The second kappa shape index (κ2) is 6.94. The molecule has 0 N–H and O–H groups in total. The third-order valence-corrected chi connectivity index (χ3v) is 4.87. The fraction of sp³-hybridized carbons (Fsp3) is 0.158. The summed E-state index contributed by atoms with van der Waals surface area (Å²) in [6, 6.07) is 13.9. The van der Waals surface area contributed by atoms with Gasteiger partial charge in [0.1, 0.15) is 22.8 Å². The fourth-order valence-corrected chi connectivity index (χ4v) is 3.42. The smallest absolute Gasteiger partial charge is 0.178 e. The molecule has 0 amide bonds. The average Bonchev–Trinajstić information content (AvgIpc) is 3.26. The highest BCUT2D eigenvalue weighted by atomic mass is 32.1. The topological polar surface area (TPSA) is 51.4 Å². The molecule has 0 saturated heterocycles. The van der Waals surface area contributed by atoms with Gasteiger partial charge in [0.05, 0.1) is 18.4 Å². The molecule has 0 aliphatic heterocycles. The Morgan fingerprint density at radius 1 is 1.20 bits per heavy atom. The molecule has 0 fully saturated rings. The summed E-state index contributed by atoms with van der Waals surface area (Å²) in [7, 11) is 2.03. The molecule has 0 atom stereocenters. The molecule has 0 bridgehead atoms. The summed E-state index contributed by atoms with van der Waals surface area (Å²) in [5.41, 5.74) is 3.76. The molecular weight excluding hydrogens is 334 g/mol.